The van der Waals surface area contributed by atoms with Gasteiger partial charge in [0, 0.05) is 6.20 Å². The summed E-state index contributed by atoms with van der Waals surface area (Å²) >= 11 is 0. The maximum Gasteiger partial charge on any atom is 0.258 e. The number of anilines is 1. The summed E-state index contributed by atoms with van der Waals surface area (Å²) in [6.45, 7) is 0. The van der Waals surface area contributed by atoms with Crippen LogP contribution in [0.5, 0.6) is 0 Å². The number of halogens is 1. The van der Waals surface area contributed by atoms with Crippen molar-refractivity contribution in [1.82, 2.24) is 15.2 Å². The summed E-state index contributed by atoms with van der Waals surface area (Å²) in [6.07, 6.45) is 3.09. The quantitative estimate of drug-likeness (QED) is 0.739. The lowest BCUT2D eigenvalue weighted by Crippen LogP contribution is -2.13. The van der Waals surface area contributed by atoms with E-state index in [1.54, 1.807) is 18.3 Å². The van der Waals surface area contributed by atoms with Gasteiger partial charge in [-0.2, -0.15) is 5.10 Å². The second-order valence-electron chi connectivity index (χ2n) is 3.92. The fourth-order valence-corrected chi connectivity index (χ4v) is 1.79. The molecule has 2 heterocycles. The van der Waals surface area contributed by atoms with Crippen molar-refractivity contribution in [3.63, 3.8) is 0 Å². The van der Waals surface area contributed by atoms with Crippen LogP contribution < -0.4 is 5.32 Å². The van der Waals surface area contributed by atoms with E-state index in [-0.39, 0.29) is 5.56 Å². The molecule has 2 N–H and O–H groups in total. The summed E-state index contributed by atoms with van der Waals surface area (Å²) in [7, 11) is 0. The number of pyridine rings is 1. The second-order valence-corrected chi connectivity index (χ2v) is 3.92. The highest BCUT2D eigenvalue weighted by Crippen LogP contribution is 2.20. The molecule has 0 saturated carbocycles. The molecule has 0 saturated heterocycles. The normalized spacial score (nSPS) is 10.6. The molecule has 0 aliphatic heterocycles. The van der Waals surface area contributed by atoms with Gasteiger partial charge in [0.1, 0.15) is 5.82 Å². The Kier molecular flexibility index (Phi) is 2.68. The molecule has 5 nitrogen and oxygen atoms in total. The molecular weight excluding hydrogens is 247 g/mol. The van der Waals surface area contributed by atoms with E-state index in [9.17, 15) is 9.18 Å². The van der Waals surface area contributed by atoms with E-state index in [1.165, 1.54) is 24.4 Å². The first-order chi connectivity index (χ1) is 9.25. The van der Waals surface area contributed by atoms with Crippen LogP contribution in [-0.2, 0) is 0 Å². The summed E-state index contributed by atoms with van der Waals surface area (Å²) in [5.74, 6) is -1.07. The van der Waals surface area contributed by atoms with E-state index < -0.39 is 11.7 Å². The number of hydrogen-bond acceptors (Lipinski definition) is 3. The number of rotatable bonds is 2. The molecular formula is C13H9FN4O. The van der Waals surface area contributed by atoms with Crippen molar-refractivity contribution in [2.45, 2.75) is 0 Å². The second kappa shape index (κ2) is 4.49. The topological polar surface area (TPSA) is 70.7 Å². The Morgan fingerprint density at radius 2 is 2.11 bits per heavy atom. The van der Waals surface area contributed by atoms with Crippen LogP contribution in [0.15, 0.2) is 42.7 Å². The lowest BCUT2D eigenvalue weighted by molar-refractivity contribution is 0.102. The van der Waals surface area contributed by atoms with E-state index in [1.807, 2.05) is 0 Å². The van der Waals surface area contributed by atoms with Gasteiger partial charge >= 0.3 is 0 Å². The number of carbonyl (C=O) groups is 1. The molecule has 0 unspecified atom stereocenters. The van der Waals surface area contributed by atoms with E-state index in [0.29, 0.717) is 16.7 Å². The minimum Gasteiger partial charge on any atom is -0.321 e. The largest absolute Gasteiger partial charge is 0.321 e. The zero-order chi connectivity index (χ0) is 13.2. The minimum atomic E-state index is -0.558. The zero-order valence-electron chi connectivity index (χ0n) is 9.72. The van der Waals surface area contributed by atoms with Gasteiger partial charge in [-0.05, 0) is 18.2 Å². The number of fused-ring (bicyclic) bond motifs is 1. The number of nitrogens with one attached hydrogen (secondary N) is 2. The molecule has 94 valence electrons. The highest BCUT2D eigenvalue weighted by molar-refractivity contribution is 6.08. The molecule has 2 aromatic heterocycles. The first-order valence-electron chi connectivity index (χ1n) is 5.59. The van der Waals surface area contributed by atoms with Gasteiger partial charge in [-0.3, -0.25) is 9.89 Å². The van der Waals surface area contributed by atoms with E-state index in [2.05, 4.69) is 20.5 Å². The first kappa shape index (κ1) is 11.3. The van der Waals surface area contributed by atoms with E-state index in [0.717, 1.165) is 0 Å². The number of aromatic nitrogens is 3. The standard InChI is InChI=1S/C13H9FN4O/c14-10-4-2-1-3-8(10)13(19)17-11-5-6-15-12-9(11)7-16-18-12/h1-7H,(H2,15,16,17,18,19). The molecule has 3 rings (SSSR count). The minimum absolute atomic E-state index is 0.00374. The Labute approximate surface area is 107 Å². The SMILES string of the molecule is O=C(Nc1ccnc2[nH]ncc12)c1ccccc1F. The number of benzene rings is 1. The number of amides is 1. The van der Waals surface area contributed by atoms with Gasteiger partial charge in [-0.15, -0.1) is 0 Å². The fraction of sp³-hybridized carbons (Fsp3) is 0. The lowest BCUT2D eigenvalue weighted by Gasteiger charge is -2.06. The van der Waals surface area contributed by atoms with E-state index >= 15 is 0 Å². The van der Waals surface area contributed by atoms with Crippen molar-refractivity contribution in [1.29, 1.82) is 0 Å². The predicted octanol–water partition coefficient (Wildman–Crippen LogP) is 2.35. The molecule has 19 heavy (non-hydrogen) atoms. The average molecular weight is 256 g/mol. The molecule has 0 radical (unpaired) electrons. The molecule has 0 atom stereocenters. The highest BCUT2D eigenvalue weighted by Gasteiger charge is 2.12. The Morgan fingerprint density at radius 3 is 2.95 bits per heavy atom. The van der Waals surface area contributed by atoms with Crippen LogP contribution in [0.1, 0.15) is 10.4 Å². The van der Waals surface area contributed by atoms with Gasteiger partial charge in [0.2, 0.25) is 0 Å². The molecule has 0 fully saturated rings. The van der Waals surface area contributed by atoms with Crippen molar-refractivity contribution >= 4 is 22.6 Å². The Balaban J connectivity index is 1.95. The molecule has 6 heteroatoms. The summed E-state index contributed by atoms with van der Waals surface area (Å²) in [6, 6.07) is 7.45. The van der Waals surface area contributed by atoms with Gasteiger partial charge in [-0.25, -0.2) is 9.37 Å². The van der Waals surface area contributed by atoms with Gasteiger partial charge < -0.3 is 5.32 Å². The van der Waals surface area contributed by atoms with Gasteiger partial charge in [0.05, 0.1) is 22.8 Å². The lowest BCUT2D eigenvalue weighted by atomic mass is 10.2. The molecule has 0 aliphatic carbocycles. The van der Waals surface area contributed by atoms with Crippen LogP contribution in [0.25, 0.3) is 11.0 Å². The smallest absolute Gasteiger partial charge is 0.258 e. The van der Waals surface area contributed by atoms with Crippen molar-refractivity contribution in [2.75, 3.05) is 5.32 Å². The summed E-state index contributed by atoms with van der Waals surface area (Å²) in [4.78, 5) is 16.1. The fourth-order valence-electron chi connectivity index (χ4n) is 1.79. The number of aromatic amines is 1. The van der Waals surface area contributed by atoms with Crippen LogP contribution >= 0.6 is 0 Å². The molecule has 1 amide bonds. The van der Waals surface area contributed by atoms with Crippen LogP contribution in [0.2, 0.25) is 0 Å². The number of nitrogens with zero attached hydrogens (tertiary/aromatic N) is 2. The van der Waals surface area contributed by atoms with Crippen LogP contribution in [0, 0.1) is 5.82 Å². The molecule has 1 aromatic carbocycles. The van der Waals surface area contributed by atoms with Crippen LogP contribution in [0.4, 0.5) is 10.1 Å². The number of carbonyl (C=O) groups excluding carboxylic acids is 1. The Bertz CT molecular complexity index is 753. The van der Waals surface area contributed by atoms with Gasteiger partial charge in [0.25, 0.3) is 5.91 Å². The van der Waals surface area contributed by atoms with Crippen molar-refractivity contribution in [3.8, 4) is 0 Å². The third kappa shape index (κ3) is 2.03. The van der Waals surface area contributed by atoms with Crippen molar-refractivity contribution < 1.29 is 9.18 Å². The zero-order valence-corrected chi connectivity index (χ0v) is 9.72. The third-order valence-electron chi connectivity index (χ3n) is 2.72. The third-order valence-corrected chi connectivity index (χ3v) is 2.72. The van der Waals surface area contributed by atoms with Crippen molar-refractivity contribution in [2.24, 2.45) is 0 Å². The average Bonchev–Trinajstić information content (AvgIpc) is 2.88. The van der Waals surface area contributed by atoms with Gasteiger partial charge in [-0.1, -0.05) is 12.1 Å². The summed E-state index contributed by atoms with van der Waals surface area (Å²) in [5.41, 5.74) is 1.09. The van der Waals surface area contributed by atoms with Crippen molar-refractivity contribution in [3.05, 3.63) is 54.1 Å². The maximum atomic E-state index is 13.5. The maximum absolute atomic E-state index is 13.5. The summed E-state index contributed by atoms with van der Waals surface area (Å²) < 4.78 is 13.5. The molecule has 0 bridgehead atoms. The van der Waals surface area contributed by atoms with Crippen LogP contribution in [0.3, 0.4) is 0 Å². The highest BCUT2D eigenvalue weighted by atomic mass is 19.1. The summed E-state index contributed by atoms with van der Waals surface area (Å²) in [5, 5.41) is 9.87. The van der Waals surface area contributed by atoms with E-state index in [4.69, 9.17) is 0 Å². The first-order valence-corrected chi connectivity index (χ1v) is 5.59. The number of H-pyrrole nitrogens is 1. The van der Waals surface area contributed by atoms with Gasteiger partial charge in [0.15, 0.2) is 5.65 Å². The molecule has 0 spiro atoms. The molecule has 0 aliphatic rings. The Morgan fingerprint density at radius 1 is 1.26 bits per heavy atom. The van der Waals surface area contributed by atoms with Crippen LogP contribution in [-0.4, -0.2) is 21.1 Å². The Hall–Kier alpha value is -2.76. The monoisotopic (exact) mass is 256 g/mol. The molecule has 3 aromatic rings. The number of hydrogen-bond donors (Lipinski definition) is 2. The predicted molar refractivity (Wildman–Crippen MR) is 68.2 cm³/mol.